The van der Waals surface area contributed by atoms with Crippen molar-refractivity contribution in [3.05, 3.63) is 10.4 Å². The number of ether oxygens (including phenoxy) is 2. The fraction of sp³-hybridized carbons (Fsp3) is 1.00. The van der Waals surface area contributed by atoms with Crippen molar-refractivity contribution >= 4 is 0 Å². The van der Waals surface area contributed by atoms with E-state index < -0.39 is 0 Å². The molecule has 78 valence electrons. The van der Waals surface area contributed by atoms with Crippen LogP contribution in [0.25, 0.3) is 10.4 Å². The van der Waals surface area contributed by atoms with Crippen molar-refractivity contribution in [3.63, 3.8) is 0 Å². The summed E-state index contributed by atoms with van der Waals surface area (Å²) in [6.45, 7) is 3.29. The second kappa shape index (κ2) is 3.77. The van der Waals surface area contributed by atoms with Gasteiger partial charge >= 0.3 is 0 Å². The summed E-state index contributed by atoms with van der Waals surface area (Å²) in [5.41, 5.74) is 8.13. The first-order valence-corrected chi connectivity index (χ1v) is 5.07. The SMILES string of the molecule is C[C@@H]1OCC[C@@]12CC[C@@H](CN=[N+]=[N-])O2. The smallest absolute Gasteiger partial charge is 0.0966 e. The standard InChI is InChI=1S/C9H15N3O2/c1-7-9(4-5-13-7)3-2-8(14-9)6-11-12-10/h7-8H,2-6H2,1H3/t7-,8-,9-/m0/s1. The van der Waals surface area contributed by atoms with E-state index in [0.717, 1.165) is 25.9 Å². The Labute approximate surface area is 83.0 Å². The van der Waals surface area contributed by atoms with E-state index in [1.54, 1.807) is 0 Å². The summed E-state index contributed by atoms with van der Waals surface area (Å²) in [6, 6.07) is 0. The number of azide groups is 1. The topological polar surface area (TPSA) is 67.2 Å². The fourth-order valence-corrected chi connectivity index (χ4v) is 2.36. The van der Waals surface area contributed by atoms with Crippen molar-refractivity contribution in [1.82, 2.24) is 0 Å². The summed E-state index contributed by atoms with van der Waals surface area (Å²) < 4.78 is 11.4. The van der Waals surface area contributed by atoms with Crippen LogP contribution in [0.2, 0.25) is 0 Å². The zero-order valence-corrected chi connectivity index (χ0v) is 8.35. The molecule has 14 heavy (non-hydrogen) atoms. The predicted octanol–water partition coefficient (Wildman–Crippen LogP) is 2.02. The molecule has 5 heteroatoms. The van der Waals surface area contributed by atoms with Gasteiger partial charge in [0.05, 0.1) is 24.4 Å². The van der Waals surface area contributed by atoms with E-state index in [1.165, 1.54) is 0 Å². The number of hydrogen-bond acceptors (Lipinski definition) is 3. The Morgan fingerprint density at radius 1 is 1.57 bits per heavy atom. The molecule has 0 aromatic heterocycles. The number of hydrogen-bond donors (Lipinski definition) is 0. The molecule has 2 fully saturated rings. The molecule has 1 spiro atoms. The molecule has 0 radical (unpaired) electrons. The quantitative estimate of drug-likeness (QED) is 0.386. The molecule has 2 aliphatic rings. The number of rotatable bonds is 2. The predicted molar refractivity (Wildman–Crippen MR) is 50.9 cm³/mol. The molecular weight excluding hydrogens is 182 g/mol. The molecule has 2 aliphatic heterocycles. The molecule has 0 amide bonds. The Kier molecular flexibility index (Phi) is 2.63. The fourth-order valence-electron chi connectivity index (χ4n) is 2.36. The maximum Gasteiger partial charge on any atom is 0.0966 e. The van der Waals surface area contributed by atoms with Gasteiger partial charge in [-0.15, -0.1) is 0 Å². The van der Waals surface area contributed by atoms with Gasteiger partial charge in [0.25, 0.3) is 0 Å². The molecule has 0 unspecified atom stereocenters. The molecule has 2 rings (SSSR count). The van der Waals surface area contributed by atoms with Crippen LogP contribution in [0, 0.1) is 0 Å². The maximum atomic E-state index is 8.21. The Balaban J connectivity index is 1.96. The monoisotopic (exact) mass is 197 g/mol. The van der Waals surface area contributed by atoms with Crippen molar-refractivity contribution < 1.29 is 9.47 Å². The third-order valence-corrected chi connectivity index (χ3v) is 3.27. The molecule has 2 heterocycles. The second-order valence-electron chi connectivity index (χ2n) is 4.02. The van der Waals surface area contributed by atoms with Crippen LogP contribution in [0.4, 0.5) is 0 Å². The zero-order chi connectivity index (χ0) is 10.0. The Morgan fingerprint density at radius 3 is 3.07 bits per heavy atom. The van der Waals surface area contributed by atoms with Gasteiger partial charge in [-0.1, -0.05) is 5.11 Å². The summed E-state index contributed by atoms with van der Waals surface area (Å²) in [6.07, 6.45) is 3.25. The molecule has 0 saturated carbocycles. The minimum absolute atomic E-state index is 0.0877. The highest BCUT2D eigenvalue weighted by Crippen LogP contribution is 2.41. The van der Waals surface area contributed by atoms with Crippen LogP contribution in [-0.4, -0.2) is 31.0 Å². The first-order valence-electron chi connectivity index (χ1n) is 5.07. The van der Waals surface area contributed by atoms with Gasteiger partial charge in [0.1, 0.15) is 0 Å². The van der Waals surface area contributed by atoms with E-state index in [0.29, 0.717) is 6.54 Å². The largest absolute Gasteiger partial charge is 0.375 e. The van der Waals surface area contributed by atoms with Crippen LogP contribution in [0.1, 0.15) is 26.2 Å². The van der Waals surface area contributed by atoms with E-state index in [2.05, 4.69) is 16.9 Å². The van der Waals surface area contributed by atoms with Gasteiger partial charge in [0.15, 0.2) is 0 Å². The zero-order valence-electron chi connectivity index (χ0n) is 8.35. The summed E-state index contributed by atoms with van der Waals surface area (Å²) in [5, 5.41) is 3.55. The van der Waals surface area contributed by atoms with Gasteiger partial charge in [-0.25, -0.2) is 0 Å². The number of nitrogens with zero attached hydrogens (tertiary/aromatic N) is 3. The first kappa shape index (κ1) is 9.77. The Bertz CT molecular complexity index is 265. The minimum Gasteiger partial charge on any atom is -0.375 e. The molecular formula is C9H15N3O2. The summed E-state index contributed by atoms with van der Waals surface area (Å²) in [4.78, 5) is 2.75. The minimum atomic E-state index is -0.0877. The Hall–Kier alpha value is -0.770. The highest BCUT2D eigenvalue weighted by Gasteiger charge is 2.47. The van der Waals surface area contributed by atoms with Crippen LogP contribution in [0.15, 0.2) is 5.11 Å². The van der Waals surface area contributed by atoms with Gasteiger partial charge in [-0.2, -0.15) is 0 Å². The van der Waals surface area contributed by atoms with Gasteiger partial charge < -0.3 is 9.47 Å². The molecule has 5 nitrogen and oxygen atoms in total. The molecule has 3 atom stereocenters. The average Bonchev–Trinajstić information content (AvgIpc) is 2.74. The third-order valence-electron chi connectivity index (χ3n) is 3.27. The summed E-state index contributed by atoms with van der Waals surface area (Å²) in [7, 11) is 0. The van der Waals surface area contributed by atoms with E-state index >= 15 is 0 Å². The van der Waals surface area contributed by atoms with E-state index in [4.69, 9.17) is 15.0 Å². The lowest BCUT2D eigenvalue weighted by molar-refractivity contribution is -0.0753. The summed E-state index contributed by atoms with van der Waals surface area (Å²) in [5.74, 6) is 0. The highest BCUT2D eigenvalue weighted by atomic mass is 16.6. The van der Waals surface area contributed by atoms with E-state index in [-0.39, 0.29) is 17.8 Å². The van der Waals surface area contributed by atoms with Crippen LogP contribution < -0.4 is 0 Å². The van der Waals surface area contributed by atoms with Crippen LogP contribution in [-0.2, 0) is 9.47 Å². The summed E-state index contributed by atoms with van der Waals surface area (Å²) >= 11 is 0. The maximum absolute atomic E-state index is 8.21. The van der Waals surface area contributed by atoms with Gasteiger partial charge in [-0.05, 0) is 25.3 Å². The van der Waals surface area contributed by atoms with E-state index in [1.807, 2.05) is 0 Å². The second-order valence-corrected chi connectivity index (χ2v) is 4.02. The molecule has 0 aromatic rings. The highest BCUT2D eigenvalue weighted by molar-refractivity contribution is 4.97. The first-order chi connectivity index (χ1) is 6.77. The third kappa shape index (κ3) is 1.59. The molecule has 0 N–H and O–H groups in total. The van der Waals surface area contributed by atoms with Crippen LogP contribution >= 0.6 is 0 Å². The normalized spacial score (nSPS) is 41.5. The van der Waals surface area contributed by atoms with Crippen molar-refractivity contribution in [3.8, 4) is 0 Å². The lowest BCUT2D eigenvalue weighted by atomic mass is 9.93. The van der Waals surface area contributed by atoms with Crippen LogP contribution in [0.5, 0.6) is 0 Å². The van der Waals surface area contributed by atoms with Crippen molar-refractivity contribution in [2.75, 3.05) is 13.2 Å². The van der Waals surface area contributed by atoms with Crippen LogP contribution in [0.3, 0.4) is 0 Å². The van der Waals surface area contributed by atoms with Gasteiger partial charge in [-0.3, -0.25) is 0 Å². The molecule has 0 aliphatic carbocycles. The van der Waals surface area contributed by atoms with Crippen molar-refractivity contribution in [2.45, 2.75) is 44.0 Å². The average molecular weight is 197 g/mol. The molecule has 0 bridgehead atoms. The van der Waals surface area contributed by atoms with Crippen molar-refractivity contribution in [2.24, 2.45) is 5.11 Å². The lowest BCUT2D eigenvalue weighted by Gasteiger charge is -2.27. The molecule has 0 aromatic carbocycles. The Morgan fingerprint density at radius 2 is 2.43 bits per heavy atom. The van der Waals surface area contributed by atoms with Crippen molar-refractivity contribution in [1.29, 1.82) is 0 Å². The lowest BCUT2D eigenvalue weighted by Crippen LogP contribution is -2.36. The van der Waals surface area contributed by atoms with Gasteiger partial charge in [0.2, 0.25) is 0 Å². The van der Waals surface area contributed by atoms with Gasteiger partial charge in [0, 0.05) is 17.9 Å². The van der Waals surface area contributed by atoms with E-state index in [9.17, 15) is 0 Å². The molecule has 2 saturated heterocycles.